The van der Waals surface area contributed by atoms with Crippen LogP contribution in [0.1, 0.15) is 63.4 Å². The summed E-state index contributed by atoms with van der Waals surface area (Å²) in [4.78, 5) is 53.9. The number of aromatic nitrogens is 4. The summed E-state index contributed by atoms with van der Waals surface area (Å²) in [6.45, 7) is 0.390. The van der Waals surface area contributed by atoms with Gasteiger partial charge in [-0.25, -0.2) is 14.6 Å². The standard InChI is InChI=1S/C28H39N5O6/c1-31-19-29-25-24(31)26(36)33(28(38)32(25)2)17-11-9-7-5-4-6-8-10-12-23(35)30-22(27(37)39-3)18-20-13-15-21(34)16-14-20/h13-16,19,22,34H,4-12,17-18H2,1-3H3,(H,30,35). The molecule has 3 aromatic rings. The lowest BCUT2D eigenvalue weighted by Crippen LogP contribution is -2.43. The number of rotatable bonds is 15. The van der Waals surface area contributed by atoms with Gasteiger partial charge in [0.15, 0.2) is 11.2 Å². The number of esters is 1. The van der Waals surface area contributed by atoms with Crippen molar-refractivity contribution in [3.05, 3.63) is 57.0 Å². The second-order valence-electron chi connectivity index (χ2n) is 9.92. The summed E-state index contributed by atoms with van der Waals surface area (Å²) in [6, 6.07) is 5.73. The summed E-state index contributed by atoms with van der Waals surface area (Å²) in [5.41, 5.74) is 1.01. The number of phenols is 1. The first-order chi connectivity index (χ1) is 18.7. The number of fused-ring (bicyclic) bond motifs is 1. The second kappa shape index (κ2) is 14.3. The summed E-state index contributed by atoms with van der Waals surface area (Å²) < 4.78 is 9.19. The van der Waals surface area contributed by atoms with Crippen molar-refractivity contribution in [3.8, 4) is 5.75 Å². The lowest BCUT2D eigenvalue weighted by molar-refractivity contribution is -0.145. The molecule has 1 aromatic carbocycles. The molecular weight excluding hydrogens is 502 g/mol. The van der Waals surface area contributed by atoms with Gasteiger partial charge in [0, 0.05) is 33.5 Å². The lowest BCUT2D eigenvalue weighted by atomic mass is 10.0. The van der Waals surface area contributed by atoms with Crippen LogP contribution in [0.5, 0.6) is 5.75 Å². The molecule has 2 aromatic heterocycles. The van der Waals surface area contributed by atoms with Crippen molar-refractivity contribution >= 4 is 23.0 Å². The van der Waals surface area contributed by atoms with Crippen LogP contribution in [-0.2, 0) is 41.4 Å². The molecule has 0 radical (unpaired) electrons. The number of carbonyl (C=O) groups excluding carboxylic acids is 2. The normalized spacial score (nSPS) is 12.0. The third-order valence-electron chi connectivity index (χ3n) is 6.93. The highest BCUT2D eigenvalue weighted by atomic mass is 16.5. The molecule has 1 atom stereocenters. The summed E-state index contributed by atoms with van der Waals surface area (Å²) >= 11 is 0. The Hall–Kier alpha value is -3.89. The maximum Gasteiger partial charge on any atom is 0.332 e. The number of hydrogen-bond acceptors (Lipinski definition) is 7. The van der Waals surface area contributed by atoms with Gasteiger partial charge in [-0.1, -0.05) is 50.7 Å². The first-order valence-electron chi connectivity index (χ1n) is 13.5. The lowest BCUT2D eigenvalue weighted by Gasteiger charge is -2.16. The number of unbranched alkanes of at least 4 members (excludes halogenated alkanes) is 7. The summed E-state index contributed by atoms with van der Waals surface area (Å²) in [6.07, 6.45) is 9.65. The van der Waals surface area contributed by atoms with Crippen molar-refractivity contribution in [3.63, 3.8) is 0 Å². The van der Waals surface area contributed by atoms with Gasteiger partial charge >= 0.3 is 11.7 Å². The third kappa shape index (κ3) is 8.05. The Balaban J connectivity index is 1.30. The Morgan fingerprint density at radius 2 is 1.59 bits per heavy atom. The number of imidazole rings is 1. The van der Waals surface area contributed by atoms with Gasteiger partial charge in [-0.15, -0.1) is 0 Å². The van der Waals surface area contributed by atoms with Crippen LogP contribution in [-0.4, -0.2) is 48.8 Å². The quantitative estimate of drug-likeness (QED) is 0.223. The number of hydrogen-bond donors (Lipinski definition) is 2. The molecule has 1 amide bonds. The van der Waals surface area contributed by atoms with Gasteiger partial charge in [0.2, 0.25) is 5.91 Å². The van der Waals surface area contributed by atoms with E-state index in [4.69, 9.17) is 4.74 Å². The molecule has 0 aliphatic heterocycles. The zero-order valence-electron chi connectivity index (χ0n) is 23.0. The Kier molecular flexibility index (Phi) is 10.9. The van der Waals surface area contributed by atoms with E-state index in [1.54, 1.807) is 37.1 Å². The first kappa shape index (κ1) is 29.7. The SMILES string of the molecule is COC(=O)C(Cc1ccc(O)cc1)NC(=O)CCCCCCCCCCn1c(=O)c2c(ncn2C)n(C)c1=O. The topological polar surface area (TPSA) is 137 Å². The van der Waals surface area contributed by atoms with Crippen LogP contribution >= 0.6 is 0 Å². The van der Waals surface area contributed by atoms with Crippen molar-refractivity contribution in [2.45, 2.75) is 76.8 Å². The summed E-state index contributed by atoms with van der Waals surface area (Å²) in [7, 11) is 4.67. The number of benzene rings is 1. The van der Waals surface area contributed by atoms with Gasteiger partial charge in [-0.3, -0.25) is 18.7 Å². The average molecular weight is 542 g/mol. The zero-order chi connectivity index (χ0) is 28.4. The van der Waals surface area contributed by atoms with Gasteiger partial charge in [0.25, 0.3) is 5.56 Å². The molecule has 0 saturated heterocycles. The van der Waals surface area contributed by atoms with E-state index in [0.717, 1.165) is 56.9 Å². The highest BCUT2D eigenvalue weighted by molar-refractivity contribution is 5.84. The summed E-state index contributed by atoms with van der Waals surface area (Å²) in [5, 5.41) is 12.2. The van der Waals surface area contributed by atoms with Crippen molar-refractivity contribution in [2.24, 2.45) is 14.1 Å². The second-order valence-corrected chi connectivity index (χ2v) is 9.92. The average Bonchev–Trinajstić information content (AvgIpc) is 3.32. The van der Waals surface area contributed by atoms with E-state index in [-0.39, 0.29) is 22.9 Å². The van der Waals surface area contributed by atoms with E-state index >= 15 is 0 Å². The summed E-state index contributed by atoms with van der Waals surface area (Å²) in [5.74, 6) is -0.547. The molecule has 2 N–H and O–H groups in total. The number of nitrogens with zero attached hydrogens (tertiary/aromatic N) is 4. The molecule has 1 unspecified atom stereocenters. The fourth-order valence-corrected chi connectivity index (χ4v) is 4.68. The van der Waals surface area contributed by atoms with E-state index in [2.05, 4.69) is 10.3 Å². The molecule has 39 heavy (non-hydrogen) atoms. The molecule has 0 saturated carbocycles. The van der Waals surface area contributed by atoms with Gasteiger partial charge in [0.1, 0.15) is 11.8 Å². The monoisotopic (exact) mass is 541 g/mol. The largest absolute Gasteiger partial charge is 0.508 e. The minimum Gasteiger partial charge on any atom is -0.508 e. The van der Waals surface area contributed by atoms with Crippen LogP contribution in [0.4, 0.5) is 0 Å². The van der Waals surface area contributed by atoms with E-state index in [0.29, 0.717) is 30.6 Å². The molecule has 2 heterocycles. The van der Waals surface area contributed by atoms with E-state index in [1.807, 2.05) is 0 Å². The number of aromatic hydroxyl groups is 1. The highest BCUT2D eigenvalue weighted by Gasteiger charge is 2.21. The number of nitrogens with one attached hydrogen (secondary N) is 1. The van der Waals surface area contributed by atoms with Gasteiger partial charge in [-0.2, -0.15) is 0 Å². The van der Waals surface area contributed by atoms with E-state index in [9.17, 15) is 24.3 Å². The predicted molar refractivity (Wildman–Crippen MR) is 148 cm³/mol. The number of aryl methyl sites for hydroxylation is 2. The number of phenolic OH excluding ortho intramolecular Hbond substituents is 1. The third-order valence-corrected chi connectivity index (χ3v) is 6.93. The maximum absolute atomic E-state index is 12.7. The minimum atomic E-state index is -0.769. The molecule has 0 aliphatic rings. The molecule has 11 nitrogen and oxygen atoms in total. The smallest absolute Gasteiger partial charge is 0.332 e. The maximum atomic E-state index is 12.7. The molecular formula is C28H39N5O6. The van der Waals surface area contributed by atoms with Crippen molar-refractivity contribution in [2.75, 3.05) is 7.11 Å². The Morgan fingerprint density at radius 1 is 0.974 bits per heavy atom. The molecule has 11 heteroatoms. The number of methoxy groups -OCH3 is 1. The van der Waals surface area contributed by atoms with Crippen LogP contribution in [0.25, 0.3) is 11.2 Å². The van der Waals surface area contributed by atoms with Gasteiger partial charge in [0.05, 0.1) is 13.4 Å². The number of ether oxygens (including phenoxy) is 1. The molecule has 3 rings (SSSR count). The molecule has 0 spiro atoms. The van der Waals surface area contributed by atoms with E-state index in [1.165, 1.54) is 28.4 Å². The van der Waals surface area contributed by atoms with E-state index < -0.39 is 12.0 Å². The van der Waals surface area contributed by atoms with Gasteiger partial charge < -0.3 is 19.7 Å². The van der Waals surface area contributed by atoms with Crippen molar-refractivity contribution < 1.29 is 19.4 Å². The predicted octanol–water partition coefficient (Wildman–Crippen LogP) is 2.55. The molecule has 0 fully saturated rings. The highest BCUT2D eigenvalue weighted by Crippen LogP contribution is 2.13. The number of amides is 1. The zero-order valence-corrected chi connectivity index (χ0v) is 23.0. The Labute approximate surface area is 227 Å². The fraction of sp³-hybridized carbons (Fsp3) is 0.536. The van der Waals surface area contributed by atoms with Crippen LogP contribution in [0.15, 0.2) is 40.2 Å². The van der Waals surface area contributed by atoms with Crippen LogP contribution < -0.4 is 16.6 Å². The van der Waals surface area contributed by atoms with Crippen molar-refractivity contribution in [1.82, 2.24) is 24.0 Å². The van der Waals surface area contributed by atoms with Crippen molar-refractivity contribution in [1.29, 1.82) is 0 Å². The van der Waals surface area contributed by atoms with Gasteiger partial charge in [-0.05, 0) is 30.5 Å². The minimum absolute atomic E-state index is 0.139. The Bertz CT molecular complexity index is 1370. The number of carbonyl (C=O) groups is 2. The van der Waals surface area contributed by atoms with Crippen LogP contribution in [0, 0.1) is 0 Å². The van der Waals surface area contributed by atoms with Crippen LogP contribution in [0.2, 0.25) is 0 Å². The molecule has 212 valence electrons. The molecule has 0 aliphatic carbocycles. The Morgan fingerprint density at radius 3 is 2.23 bits per heavy atom. The fourth-order valence-electron chi connectivity index (χ4n) is 4.68. The first-order valence-corrected chi connectivity index (χ1v) is 13.5. The van der Waals surface area contributed by atoms with Crippen LogP contribution in [0.3, 0.4) is 0 Å². The molecule has 0 bridgehead atoms.